The normalized spacial score (nSPS) is 11.9. The van der Waals surface area contributed by atoms with Gasteiger partial charge in [0.15, 0.2) is 0 Å². The van der Waals surface area contributed by atoms with Gasteiger partial charge in [0.1, 0.15) is 0 Å². The van der Waals surface area contributed by atoms with Gasteiger partial charge in [0, 0.05) is 43.6 Å². The molecule has 0 saturated heterocycles. The molecule has 62 heavy (non-hydrogen) atoms. The Bertz CT molecular complexity index is 3860. The molecule has 0 unspecified atom stereocenters. The summed E-state index contributed by atoms with van der Waals surface area (Å²) in [5, 5.41) is 10.6. The number of nitrogens with zero attached hydrogens (tertiary/aromatic N) is 4. The summed E-state index contributed by atoms with van der Waals surface area (Å²) in [5.41, 5.74) is 13.0. The fraction of sp³-hybridized carbons (Fsp3) is 0. The molecule has 3 heterocycles. The van der Waals surface area contributed by atoms with Gasteiger partial charge in [-0.1, -0.05) is 164 Å². The van der Waals surface area contributed by atoms with Gasteiger partial charge in [-0.3, -0.25) is 4.57 Å². The fourth-order valence-electron chi connectivity index (χ4n) is 9.79. The number of para-hydroxylation sites is 2. The van der Waals surface area contributed by atoms with E-state index in [0.29, 0.717) is 5.95 Å². The van der Waals surface area contributed by atoms with E-state index in [2.05, 4.69) is 228 Å². The molecule has 0 bridgehead atoms. The summed E-state index contributed by atoms with van der Waals surface area (Å²) < 4.78 is 4.74. The van der Waals surface area contributed by atoms with Gasteiger partial charge in [0.25, 0.3) is 0 Å². The van der Waals surface area contributed by atoms with Crippen LogP contribution in [0.4, 0.5) is 0 Å². The van der Waals surface area contributed by atoms with Gasteiger partial charge >= 0.3 is 0 Å². The van der Waals surface area contributed by atoms with Crippen molar-refractivity contribution < 1.29 is 0 Å². The second kappa shape index (κ2) is 13.6. The van der Waals surface area contributed by atoms with Crippen molar-refractivity contribution in [2.75, 3.05) is 0 Å². The molecule has 0 aliphatic carbocycles. The number of rotatable bonds is 5. The van der Waals surface area contributed by atoms with E-state index in [1.807, 2.05) is 0 Å². The first-order valence-corrected chi connectivity index (χ1v) is 21.2. The Morgan fingerprint density at radius 1 is 0.290 bits per heavy atom. The number of fused-ring (bicyclic) bond motifs is 10. The lowest BCUT2D eigenvalue weighted by Gasteiger charge is -2.15. The number of hydrogen-bond donors (Lipinski definition) is 0. The van der Waals surface area contributed by atoms with Crippen molar-refractivity contribution >= 4 is 76.1 Å². The molecule has 288 valence electrons. The molecule has 4 heteroatoms. The van der Waals surface area contributed by atoms with E-state index in [9.17, 15) is 0 Å². The van der Waals surface area contributed by atoms with E-state index in [1.165, 1.54) is 43.4 Å². The van der Waals surface area contributed by atoms with Crippen molar-refractivity contribution in [3.05, 3.63) is 218 Å². The summed E-state index contributed by atoms with van der Waals surface area (Å²) >= 11 is 0. The van der Waals surface area contributed by atoms with E-state index in [4.69, 9.17) is 9.97 Å². The standard InChI is InChI=1S/C58H36N4/c1-3-15-37(16-4-1)42-31-43(38-17-5-2-6-18-38)33-44(32-42)56-50-24-11-13-25-52(50)59-58(60-56)62-54-35-41-21-8-7-20-40(41)34-51(54)48-30-28-45(36-55(48)62)61-53-26-14-12-23-47(53)49-29-27-39-19-9-10-22-46(39)57(49)61/h1-36H. The minimum absolute atomic E-state index is 0.630. The van der Waals surface area contributed by atoms with Crippen molar-refractivity contribution in [3.63, 3.8) is 0 Å². The largest absolute Gasteiger partial charge is 0.309 e. The second-order valence-corrected chi connectivity index (χ2v) is 16.2. The van der Waals surface area contributed by atoms with E-state index >= 15 is 0 Å². The van der Waals surface area contributed by atoms with Crippen LogP contribution in [0.25, 0.3) is 121 Å². The third-order valence-corrected chi connectivity index (χ3v) is 12.6. The van der Waals surface area contributed by atoms with Crippen LogP contribution in [0.2, 0.25) is 0 Å². The van der Waals surface area contributed by atoms with Crippen LogP contribution in [0.15, 0.2) is 218 Å². The summed E-state index contributed by atoms with van der Waals surface area (Å²) in [6.07, 6.45) is 0. The average molecular weight is 789 g/mol. The number of aromatic nitrogens is 4. The van der Waals surface area contributed by atoms with Gasteiger partial charge in [-0.2, -0.15) is 0 Å². The van der Waals surface area contributed by atoms with Crippen molar-refractivity contribution in [3.8, 4) is 45.1 Å². The van der Waals surface area contributed by atoms with Crippen molar-refractivity contribution in [1.29, 1.82) is 0 Å². The van der Waals surface area contributed by atoms with Crippen LogP contribution in [-0.2, 0) is 0 Å². The molecular formula is C58H36N4. The highest BCUT2D eigenvalue weighted by Gasteiger charge is 2.21. The Morgan fingerprint density at radius 3 is 1.61 bits per heavy atom. The first kappa shape index (κ1) is 34.5. The lowest BCUT2D eigenvalue weighted by molar-refractivity contribution is 1.01. The fourth-order valence-corrected chi connectivity index (χ4v) is 9.79. The monoisotopic (exact) mass is 788 g/mol. The Kier molecular flexibility index (Phi) is 7.57. The first-order chi connectivity index (χ1) is 30.7. The molecule has 0 aliphatic rings. The van der Waals surface area contributed by atoms with Crippen LogP contribution in [0.3, 0.4) is 0 Å². The Balaban J connectivity index is 1.12. The molecule has 0 atom stereocenters. The SMILES string of the molecule is c1ccc(-c2cc(-c3ccccc3)cc(-c3nc(-n4c5cc(-n6c7ccccc7c7ccc8ccccc8c76)ccc5c5cc6ccccc6cc54)nc4ccccc34)c2)cc1. The number of hydrogen-bond acceptors (Lipinski definition) is 2. The zero-order valence-corrected chi connectivity index (χ0v) is 33.6. The summed E-state index contributed by atoms with van der Waals surface area (Å²) in [7, 11) is 0. The van der Waals surface area contributed by atoms with Crippen LogP contribution < -0.4 is 0 Å². The highest BCUT2D eigenvalue weighted by atomic mass is 15.2. The van der Waals surface area contributed by atoms with Crippen LogP contribution in [0.5, 0.6) is 0 Å². The summed E-state index contributed by atoms with van der Waals surface area (Å²) in [6.45, 7) is 0. The lowest BCUT2D eigenvalue weighted by atomic mass is 9.94. The third kappa shape index (κ3) is 5.33. The van der Waals surface area contributed by atoms with E-state index in [1.54, 1.807) is 0 Å². The molecule has 0 radical (unpaired) electrons. The maximum absolute atomic E-state index is 5.64. The molecule has 0 amide bonds. The average Bonchev–Trinajstić information content (AvgIpc) is 3.85. The zero-order chi connectivity index (χ0) is 40.7. The second-order valence-electron chi connectivity index (χ2n) is 16.2. The maximum Gasteiger partial charge on any atom is 0.235 e. The smallest absolute Gasteiger partial charge is 0.235 e. The molecule has 0 aliphatic heterocycles. The predicted molar refractivity (Wildman–Crippen MR) is 260 cm³/mol. The van der Waals surface area contributed by atoms with Gasteiger partial charge < -0.3 is 4.57 Å². The first-order valence-electron chi connectivity index (χ1n) is 21.2. The lowest BCUT2D eigenvalue weighted by Crippen LogP contribution is -2.04. The highest BCUT2D eigenvalue weighted by molar-refractivity contribution is 6.19. The molecule has 13 rings (SSSR count). The minimum Gasteiger partial charge on any atom is -0.309 e. The molecule has 0 N–H and O–H groups in total. The molecule has 0 saturated carbocycles. The van der Waals surface area contributed by atoms with Gasteiger partial charge in [0.2, 0.25) is 5.95 Å². The Morgan fingerprint density at radius 2 is 0.855 bits per heavy atom. The summed E-state index contributed by atoms with van der Waals surface area (Å²) in [6, 6.07) is 78.7. The van der Waals surface area contributed by atoms with Gasteiger partial charge in [-0.25, -0.2) is 9.97 Å². The van der Waals surface area contributed by atoms with E-state index in [-0.39, 0.29) is 0 Å². The summed E-state index contributed by atoms with van der Waals surface area (Å²) in [4.78, 5) is 11.1. The molecule has 0 spiro atoms. The quantitative estimate of drug-likeness (QED) is 0.174. The number of benzene rings is 10. The van der Waals surface area contributed by atoms with Crippen LogP contribution in [-0.4, -0.2) is 19.1 Å². The Hall–Kier alpha value is -8.34. The van der Waals surface area contributed by atoms with Crippen LogP contribution in [0.1, 0.15) is 0 Å². The molecular weight excluding hydrogens is 753 g/mol. The van der Waals surface area contributed by atoms with Crippen LogP contribution >= 0.6 is 0 Å². The van der Waals surface area contributed by atoms with E-state index in [0.717, 1.165) is 71.9 Å². The van der Waals surface area contributed by atoms with E-state index < -0.39 is 0 Å². The molecule has 3 aromatic heterocycles. The zero-order valence-electron chi connectivity index (χ0n) is 33.6. The van der Waals surface area contributed by atoms with Gasteiger partial charge in [-0.05, 0) is 93.0 Å². The van der Waals surface area contributed by atoms with Crippen molar-refractivity contribution in [1.82, 2.24) is 19.1 Å². The molecule has 4 nitrogen and oxygen atoms in total. The van der Waals surface area contributed by atoms with Crippen molar-refractivity contribution in [2.24, 2.45) is 0 Å². The molecule has 13 aromatic rings. The van der Waals surface area contributed by atoms with Crippen LogP contribution in [0, 0.1) is 0 Å². The van der Waals surface area contributed by atoms with Crippen molar-refractivity contribution in [2.45, 2.75) is 0 Å². The molecule has 0 fully saturated rings. The topological polar surface area (TPSA) is 35.6 Å². The molecule has 10 aromatic carbocycles. The minimum atomic E-state index is 0.630. The van der Waals surface area contributed by atoms with Gasteiger partial charge in [0.05, 0.1) is 33.3 Å². The van der Waals surface area contributed by atoms with Gasteiger partial charge in [-0.15, -0.1) is 0 Å². The predicted octanol–water partition coefficient (Wildman–Crippen LogP) is 15.1. The summed E-state index contributed by atoms with van der Waals surface area (Å²) in [5.74, 6) is 0.630. The maximum atomic E-state index is 5.64. The third-order valence-electron chi connectivity index (χ3n) is 12.6. The highest BCUT2D eigenvalue weighted by Crippen LogP contribution is 2.41. The Labute approximate surface area is 357 Å².